The number of alkyl halides is 3. The van der Waals surface area contributed by atoms with Gasteiger partial charge in [-0.05, 0) is 61.9 Å². The van der Waals surface area contributed by atoms with Gasteiger partial charge in [-0.3, -0.25) is 4.79 Å². The Morgan fingerprint density at radius 3 is 2.41 bits per heavy atom. The Kier molecular flexibility index (Phi) is 6.63. The Balaban J connectivity index is 1.82. The van der Waals surface area contributed by atoms with E-state index in [-0.39, 0.29) is 30.0 Å². The molecule has 6 nitrogen and oxygen atoms in total. The van der Waals surface area contributed by atoms with Crippen LogP contribution in [0.3, 0.4) is 0 Å². The van der Waals surface area contributed by atoms with Gasteiger partial charge < -0.3 is 13.5 Å². The van der Waals surface area contributed by atoms with Gasteiger partial charge in [0, 0.05) is 12.6 Å². The summed E-state index contributed by atoms with van der Waals surface area (Å²) in [6, 6.07) is 12.2. The molecule has 1 aromatic heterocycles. The molecule has 170 valence electrons. The van der Waals surface area contributed by atoms with Gasteiger partial charge in [0.2, 0.25) is 0 Å². The van der Waals surface area contributed by atoms with Gasteiger partial charge >= 0.3 is 16.3 Å². The van der Waals surface area contributed by atoms with Crippen LogP contribution in [0, 0.1) is 0 Å². The third-order valence-corrected chi connectivity index (χ3v) is 5.77. The lowest BCUT2D eigenvalue weighted by Gasteiger charge is -2.26. The minimum absolute atomic E-state index is 0.0888. The number of halogens is 3. The maximum atomic E-state index is 12.9. The molecular weight excluding hydrogens is 447 g/mol. The molecule has 0 bridgehead atoms. The van der Waals surface area contributed by atoms with E-state index in [1.54, 1.807) is 18.2 Å². The molecule has 0 spiro atoms. The summed E-state index contributed by atoms with van der Waals surface area (Å²) < 4.78 is 74.0. The molecule has 0 fully saturated rings. The van der Waals surface area contributed by atoms with Crippen LogP contribution in [0.5, 0.6) is 5.75 Å². The van der Waals surface area contributed by atoms with E-state index >= 15 is 0 Å². The van der Waals surface area contributed by atoms with Crippen LogP contribution in [0.15, 0.2) is 76.2 Å². The molecular formula is C22H20F3NO5S. The Bertz CT molecular complexity index is 1190. The Morgan fingerprint density at radius 1 is 1.06 bits per heavy atom. The molecule has 0 saturated heterocycles. The zero-order valence-electron chi connectivity index (χ0n) is 17.2. The van der Waals surface area contributed by atoms with Crippen molar-refractivity contribution in [2.24, 2.45) is 0 Å². The summed E-state index contributed by atoms with van der Waals surface area (Å²) in [4.78, 5) is 13.6. The van der Waals surface area contributed by atoms with Crippen molar-refractivity contribution in [1.82, 2.24) is 4.90 Å². The van der Waals surface area contributed by atoms with Gasteiger partial charge in [0.05, 0.1) is 11.8 Å². The first-order chi connectivity index (χ1) is 15.0. The van der Waals surface area contributed by atoms with Crippen molar-refractivity contribution >= 4 is 16.0 Å². The monoisotopic (exact) mass is 467 g/mol. The number of furan rings is 1. The van der Waals surface area contributed by atoms with Crippen molar-refractivity contribution < 1.29 is 35.0 Å². The maximum Gasteiger partial charge on any atom is 0.416 e. The molecule has 3 aromatic rings. The molecule has 0 aliphatic heterocycles. The van der Waals surface area contributed by atoms with Crippen LogP contribution in [-0.4, -0.2) is 25.3 Å². The summed E-state index contributed by atoms with van der Waals surface area (Å²) in [6.45, 7) is 3.77. The topological polar surface area (TPSA) is 76.8 Å². The fraction of sp³-hybridized carbons (Fsp3) is 0.227. The zero-order chi connectivity index (χ0) is 23.5. The standard InChI is InChI=1S/C22H20F3NO5S/c1-15(2)26(21(27)20-10-5-11-30-20)14-16-6-3-8-18(12-16)31-32(28,29)19-9-4-7-17(13-19)22(23,24)25/h3-13,15H,14H2,1-2H3. The lowest BCUT2D eigenvalue weighted by atomic mass is 10.1. The minimum Gasteiger partial charge on any atom is -0.459 e. The highest BCUT2D eigenvalue weighted by molar-refractivity contribution is 7.87. The van der Waals surface area contributed by atoms with E-state index in [1.165, 1.54) is 29.4 Å². The van der Waals surface area contributed by atoms with Crippen LogP contribution in [0.25, 0.3) is 0 Å². The van der Waals surface area contributed by atoms with Gasteiger partial charge in [0.15, 0.2) is 5.76 Å². The van der Waals surface area contributed by atoms with Crippen molar-refractivity contribution in [3.8, 4) is 5.75 Å². The number of carbonyl (C=O) groups excluding carboxylic acids is 1. The van der Waals surface area contributed by atoms with E-state index in [0.29, 0.717) is 11.6 Å². The number of benzene rings is 2. The van der Waals surface area contributed by atoms with E-state index in [4.69, 9.17) is 8.60 Å². The molecule has 0 N–H and O–H groups in total. The molecule has 0 aliphatic rings. The van der Waals surface area contributed by atoms with Crippen LogP contribution in [-0.2, 0) is 22.8 Å². The summed E-state index contributed by atoms with van der Waals surface area (Å²) in [5.41, 5.74) is -0.532. The van der Waals surface area contributed by atoms with Gasteiger partial charge in [-0.2, -0.15) is 21.6 Å². The number of amides is 1. The second kappa shape index (κ2) is 9.07. The quantitative estimate of drug-likeness (QED) is 0.451. The maximum absolute atomic E-state index is 12.9. The molecule has 0 aliphatic carbocycles. The van der Waals surface area contributed by atoms with Gasteiger partial charge in [0.1, 0.15) is 10.6 Å². The summed E-state index contributed by atoms with van der Waals surface area (Å²) in [7, 11) is -4.51. The summed E-state index contributed by atoms with van der Waals surface area (Å²) >= 11 is 0. The highest BCUT2D eigenvalue weighted by Crippen LogP contribution is 2.31. The Morgan fingerprint density at radius 2 is 1.78 bits per heavy atom. The molecule has 1 heterocycles. The first-order valence-corrected chi connectivity index (χ1v) is 10.9. The normalized spacial score (nSPS) is 12.1. The van der Waals surface area contributed by atoms with Gasteiger partial charge in [-0.1, -0.05) is 18.2 Å². The van der Waals surface area contributed by atoms with Gasteiger partial charge in [0.25, 0.3) is 5.91 Å². The number of rotatable bonds is 7. The van der Waals surface area contributed by atoms with E-state index in [2.05, 4.69) is 0 Å². The molecule has 0 atom stereocenters. The second-order valence-corrected chi connectivity index (χ2v) is 8.76. The van der Waals surface area contributed by atoms with Crippen LogP contribution in [0.1, 0.15) is 35.5 Å². The first kappa shape index (κ1) is 23.4. The average Bonchev–Trinajstić information content (AvgIpc) is 3.26. The van der Waals surface area contributed by atoms with E-state index in [9.17, 15) is 26.4 Å². The van der Waals surface area contributed by atoms with Crippen molar-refractivity contribution in [3.63, 3.8) is 0 Å². The fourth-order valence-electron chi connectivity index (χ4n) is 2.93. The van der Waals surface area contributed by atoms with Crippen LogP contribution in [0.2, 0.25) is 0 Å². The van der Waals surface area contributed by atoms with E-state index < -0.39 is 26.8 Å². The molecule has 10 heteroatoms. The number of carbonyl (C=O) groups is 1. The van der Waals surface area contributed by atoms with Crippen LogP contribution in [0.4, 0.5) is 13.2 Å². The minimum atomic E-state index is -4.69. The SMILES string of the molecule is CC(C)N(Cc1cccc(OS(=O)(=O)c2cccc(C(F)(F)F)c2)c1)C(=O)c1ccco1. The van der Waals surface area contributed by atoms with E-state index in [0.717, 1.165) is 18.2 Å². The molecule has 0 saturated carbocycles. The summed E-state index contributed by atoms with van der Waals surface area (Å²) in [6.07, 6.45) is -3.30. The average molecular weight is 467 g/mol. The summed E-state index contributed by atoms with van der Waals surface area (Å²) in [5.74, 6) is -0.264. The lowest BCUT2D eigenvalue weighted by Crippen LogP contribution is -2.36. The van der Waals surface area contributed by atoms with E-state index in [1.807, 2.05) is 13.8 Å². The largest absolute Gasteiger partial charge is 0.459 e. The number of hydrogen-bond acceptors (Lipinski definition) is 5. The molecule has 2 aromatic carbocycles. The Hall–Kier alpha value is -3.27. The molecule has 0 radical (unpaired) electrons. The number of hydrogen-bond donors (Lipinski definition) is 0. The smallest absolute Gasteiger partial charge is 0.416 e. The predicted octanol–water partition coefficient (Wildman–Crippen LogP) is 5.12. The lowest BCUT2D eigenvalue weighted by molar-refractivity contribution is -0.137. The van der Waals surface area contributed by atoms with Crippen molar-refractivity contribution in [3.05, 3.63) is 83.8 Å². The first-order valence-electron chi connectivity index (χ1n) is 9.52. The zero-order valence-corrected chi connectivity index (χ0v) is 18.0. The second-order valence-electron chi connectivity index (χ2n) is 7.21. The van der Waals surface area contributed by atoms with Gasteiger partial charge in [-0.25, -0.2) is 0 Å². The fourth-order valence-corrected chi connectivity index (χ4v) is 3.90. The van der Waals surface area contributed by atoms with Crippen molar-refractivity contribution in [1.29, 1.82) is 0 Å². The summed E-state index contributed by atoms with van der Waals surface area (Å²) in [5, 5.41) is 0. The molecule has 0 unspecified atom stereocenters. The predicted molar refractivity (Wildman–Crippen MR) is 109 cm³/mol. The highest BCUT2D eigenvalue weighted by atomic mass is 32.2. The third kappa shape index (κ3) is 5.50. The number of nitrogens with zero attached hydrogens (tertiary/aromatic N) is 1. The molecule has 3 rings (SSSR count). The van der Waals surface area contributed by atoms with Crippen molar-refractivity contribution in [2.45, 2.75) is 37.5 Å². The molecule has 32 heavy (non-hydrogen) atoms. The van der Waals surface area contributed by atoms with Crippen molar-refractivity contribution in [2.75, 3.05) is 0 Å². The Labute approximate surface area is 183 Å². The highest BCUT2D eigenvalue weighted by Gasteiger charge is 2.32. The van der Waals surface area contributed by atoms with Crippen LogP contribution >= 0.6 is 0 Å². The van der Waals surface area contributed by atoms with Crippen LogP contribution < -0.4 is 4.18 Å². The third-order valence-electron chi connectivity index (χ3n) is 4.52. The van der Waals surface area contributed by atoms with Gasteiger partial charge in [-0.15, -0.1) is 0 Å². The molecule has 1 amide bonds.